The van der Waals surface area contributed by atoms with Gasteiger partial charge >= 0.3 is 5.97 Å². The van der Waals surface area contributed by atoms with Crippen molar-refractivity contribution in [3.05, 3.63) is 95.0 Å². The van der Waals surface area contributed by atoms with Crippen molar-refractivity contribution in [1.29, 1.82) is 0 Å². The number of nitrogens with zero attached hydrogens (tertiary/aromatic N) is 2. The van der Waals surface area contributed by atoms with Gasteiger partial charge in [0.2, 0.25) is 0 Å². The lowest BCUT2D eigenvalue weighted by Crippen LogP contribution is -2.46. The molecule has 0 saturated carbocycles. The summed E-state index contributed by atoms with van der Waals surface area (Å²) < 4.78 is 7.20. The van der Waals surface area contributed by atoms with Crippen molar-refractivity contribution >= 4 is 27.5 Å². The van der Waals surface area contributed by atoms with E-state index in [4.69, 9.17) is 9.72 Å². The van der Waals surface area contributed by atoms with E-state index in [1.807, 2.05) is 66.7 Å². The van der Waals surface area contributed by atoms with Crippen molar-refractivity contribution in [3.63, 3.8) is 0 Å². The highest BCUT2D eigenvalue weighted by Crippen LogP contribution is 2.38. The fraction of sp³-hybridized carbons (Fsp3) is 0.259. The number of piperidine rings is 1. The van der Waals surface area contributed by atoms with Crippen molar-refractivity contribution in [2.75, 3.05) is 6.54 Å². The molecule has 2 unspecified atom stereocenters. The highest BCUT2D eigenvalue weighted by Gasteiger charge is 2.36. The monoisotopic (exact) mass is 458 g/mol. The van der Waals surface area contributed by atoms with E-state index in [-0.39, 0.29) is 6.04 Å². The molecule has 0 radical (unpaired) electrons. The Kier molecular flexibility index (Phi) is 6.37. The van der Waals surface area contributed by atoms with Crippen molar-refractivity contribution in [1.82, 2.24) is 9.88 Å². The van der Waals surface area contributed by atoms with Crippen LogP contribution in [0.3, 0.4) is 0 Å². The van der Waals surface area contributed by atoms with Crippen LogP contribution in [0.5, 0.6) is 5.75 Å². The van der Waals surface area contributed by atoms with Crippen molar-refractivity contribution in [2.45, 2.75) is 38.0 Å². The second-order valence-corrected chi connectivity index (χ2v) is 9.42. The van der Waals surface area contributed by atoms with Crippen LogP contribution in [-0.2, 0) is 11.4 Å². The number of rotatable bonds is 7. The van der Waals surface area contributed by atoms with Gasteiger partial charge in [0.05, 0.1) is 16.3 Å². The first-order chi connectivity index (χ1) is 16.2. The molecule has 0 aliphatic carbocycles. The Morgan fingerprint density at radius 1 is 1.06 bits per heavy atom. The Balaban J connectivity index is 1.52. The molecule has 168 valence electrons. The molecule has 1 aliphatic rings. The first-order valence-corrected chi connectivity index (χ1v) is 12.1. The summed E-state index contributed by atoms with van der Waals surface area (Å²) in [7, 11) is 0. The van der Waals surface area contributed by atoms with E-state index >= 15 is 0 Å². The molecule has 0 bridgehead atoms. The second kappa shape index (κ2) is 9.73. The fourth-order valence-electron chi connectivity index (χ4n) is 4.53. The number of ether oxygens (including phenoxy) is 1. The molecule has 4 aromatic rings. The minimum absolute atomic E-state index is 0.232. The SMILES string of the molecule is O=C(O)C1CCCCN1C(c1cccc(OCc2ccccc2)c1)c1nc2ccccc2s1. The van der Waals surface area contributed by atoms with E-state index < -0.39 is 12.0 Å². The van der Waals surface area contributed by atoms with Gasteiger partial charge < -0.3 is 9.84 Å². The molecule has 0 amide bonds. The largest absolute Gasteiger partial charge is 0.489 e. The molecule has 0 spiro atoms. The highest BCUT2D eigenvalue weighted by molar-refractivity contribution is 7.18. The standard InChI is InChI=1S/C27H26N2O3S/c30-27(31)23-14-6-7-16-29(23)25(26-28-22-13-4-5-15-24(22)33-26)20-11-8-12-21(17-20)32-18-19-9-2-1-3-10-19/h1-5,8-13,15,17,23,25H,6-7,14,16,18H2,(H,30,31). The van der Waals surface area contributed by atoms with Gasteiger partial charge in [-0.2, -0.15) is 0 Å². The maximum atomic E-state index is 12.1. The summed E-state index contributed by atoms with van der Waals surface area (Å²) in [6.07, 6.45) is 2.57. The predicted octanol–water partition coefficient (Wildman–Crippen LogP) is 5.90. The van der Waals surface area contributed by atoms with Crippen LogP contribution in [-0.4, -0.2) is 33.5 Å². The summed E-state index contributed by atoms with van der Waals surface area (Å²) in [6.45, 7) is 1.21. The van der Waals surface area contributed by atoms with Crippen LogP contribution in [0.15, 0.2) is 78.9 Å². The number of hydrogen-bond donors (Lipinski definition) is 1. The molecule has 1 saturated heterocycles. The second-order valence-electron chi connectivity index (χ2n) is 8.36. The molecule has 1 aliphatic heterocycles. The lowest BCUT2D eigenvalue weighted by Gasteiger charge is -2.38. The number of fused-ring (bicyclic) bond motifs is 1. The van der Waals surface area contributed by atoms with E-state index in [1.165, 1.54) is 0 Å². The zero-order valence-electron chi connectivity index (χ0n) is 18.3. The maximum absolute atomic E-state index is 12.1. The van der Waals surface area contributed by atoms with Crippen molar-refractivity contribution in [2.24, 2.45) is 0 Å². The summed E-state index contributed by atoms with van der Waals surface area (Å²) in [5.41, 5.74) is 3.06. The van der Waals surface area contributed by atoms with Crippen LogP contribution in [0.1, 0.15) is 41.4 Å². The van der Waals surface area contributed by atoms with Crippen molar-refractivity contribution in [3.8, 4) is 5.75 Å². The lowest BCUT2D eigenvalue weighted by molar-refractivity contribution is -0.145. The van der Waals surface area contributed by atoms with E-state index in [0.29, 0.717) is 13.0 Å². The van der Waals surface area contributed by atoms with Crippen LogP contribution in [0.4, 0.5) is 0 Å². The number of aromatic nitrogens is 1. The average Bonchev–Trinajstić information content (AvgIpc) is 3.28. The van der Waals surface area contributed by atoms with E-state index in [9.17, 15) is 9.90 Å². The number of carboxylic acid groups (broad SMARTS) is 1. The first kappa shape index (κ1) is 21.6. The van der Waals surface area contributed by atoms with Crippen molar-refractivity contribution < 1.29 is 14.6 Å². The topological polar surface area (TPSA) is 62.7 Å². The van der Waals surface area contributed by atoms with Crippen LogP contribution in [0.2, 0.25) is 0 Å². The summed E-state index contributed by atoms with van der Waals surface area (Å²) in [6, 6.07) is 25.4. The third kappa shape index (κ3) is 4.77. The molecule has 33 heavy (non-hydrogen) atoms. The summed E-state index contributed by atoms with van der Waals surface area (Å²) in [5.74, 6) is 0.00337. The Morgan fingerprint density at radius 3 is 2.70 bits per heavy atom. The molecular weight excluding hydrogens is 432 g/mol. The van der Waals surface area contributed by atoms with Gasteiger partial charge in [-0.3, -0.25) is 9.69 Å². The third-order valence-electron chi connectivity index (χ3n) is 6.13. The van der Waals surface area contributed by atoms with Gasteiger partial charge in [-0.15, -0.1) is 11.3 Å². The van der Waals surface area contributed by atoms with E-state index in [1.54, 1.807) is 11.3 Å². The van der Waals surface area contributed by atoms with E-state index in [0.717, 1.165) is 51.5 Å². The van der Waals surface area contributed by atoms with Gasteiger partial charge in [0, 0.05) is 6.54 Å². The van der Waals surface area contributed by atoms with Gasteiger partial charge in [0.15, 0.2) is 0 Å². The number of thiazole rings is 1. The molecule has 5 rings (SSSR count). The smallest absolute Gasteiger partial charge is 0.320 e. The molecular formula is C27H26N2O3S. The molecule has 2 heterocycles. The first-order valence-electron chi connectivity index (χ1n) is 11.3. The Labute approximate surface area is 197 Å². The van der Waals surface area contributed by atoms with E-state index in [2.05, 4.69) is 17.0 Å². The number of carbonyl (C=O) groups is 1. The number of para-hydroxylation sites is 1. The van der Waals surface area contributed by atoms with Gasteiger partial charge in [-0.1, -0.05) is 61.0 Å². The van der Waals surface area contributed by atoms with Gasteiger partial charge in [-0.05, 0) is 48.2 Å². The molecule has 6 heteroatoms. The summed E-state index contributed by atoms with van der Waals surface area (Å²) in [5, 5.41) is 10.9. The fourth-order valence-corrected chi connectivity index (χ4v) is 5.64. The zero-order chi connectivity index (χ0) is 22.6. The van der Waals surface area contributed by atoms with Gasteiger partial charge in [0.25, 0.3) is 0 Å². The van der Waals surface area contributed by atoms with Gasteiger partial charge in [-0.25, -0.2) is 4.98 Å². The molecule has 1 fully saturated rings. The number of likely N-dealkylation sites (tertiary alicyclic amines) is 1. The maximum Gasteiger partial charge on any atom is 0.320 e. The Hall–Kier alpha value is -3.22. The molecule has 1 aromatic heterocycles. The number of carboxylic acids is 1. The minimum atomic E-state index is -0.766. The lowest BCUT2D eigenvalue weighted by atomic mass is 9.96. The number of benzene rings is 3. The molecule has 3 aromatic carbocycles. The van der Waals surface area contributed by atoms with Crippen LogP contribution in [0, 0.1) is 0 Å². The predicted molar refractivity (Wildman–Crippen MR) is 131 cm³/mol. The average molecular weight is 459 g/mol. The van der Waals surface area contributed by atoms with Gasteiger partial charge in [0.1, 0.15) is 23.4 Å². The normalized spacial score (nSPS) is 17.6. The Bertz CT molecular complexity index is 1210. The van der Waals surface area contributed by atoms with Crippen LogP contribution >= 0.6 is 11.3 Å². The Morgan fingerprint density at radius 2 is 1.88 bits per heavy atom. The minimum Gasteiger partial charge on any atom is -0.489 e. The highest BCUT2D eigenvalue weighted by atomic mass is 32.1. The zero-order valence-corrected chi connectivity index (χ0v) is 19.1. The number of aliphatic carboxylic acids is 1. The summed E-state index contributed by atoms with van der Waals surface area (Å²) in [4.78, 5) is 19.2. The van der Waals surface area contributed by atoms with Crippen LogP contribution < -0.4 is 4.74 Å². The van der Waals surface area contributed by atoms with Crippen LogP contribution in [0.25, 0.3) is 10.2 Å². The quantitative estimate of drug-likeness (QED) is 0.373. The third-order valence-corrected chi connectivity index (χ3v) is 7.22. The summed E-state index contributed by atoms with van der Waals surface area (Å²) >= 11 is 1.64. The molecule has 2 atom stereocenters. The molecule has 1 N–H and O–H groups in total. The number of hydrogen-bond acceptors (Lipinski definition) is 5. The molecule has 5 nitrogen and oxygen atoms in total.